The molecule has 22 heavy (non-hydrogen) atoms. The van der Waals surface area contributed by atoms with Gasteiger partial charge in [-0.3, -0.25) is 4.79 Å². The molecule has 0 aliphatic heterocycles. The number of nitrogens with one attached hydrogen (secondary N) is 1. The van der Waals surface area contributed by atoms with Gasteiger partial charge in [-0.2, -0.15) is 0 Å². The van der Waals surface area contributed by atoms with E-state index in [4.69, 9.17) is 0 Å². The number of rotatable bonds is 5. The summed E-state index contributed by atoms with van der Waals surface area (Å²) in [5.74, 6) is 0.516. The number of pyridine rings is 1. The van der Waals surface area contributed by atoms with Crippen molar-refractivity contribution in [2.24, 2.45) is 7.05 Å². The Labute approximate surface area is 133 Å². The summed E-state index contributed by atoms with van der Waals surface area (Å²) in [4.78, 5) is 12.5. The van der Waals surface area contributed by atoms with E-state index < -0.39 is 0 Å². The Morgan fingerprint density at radius 2 is 1.64 bits per heavy atom. The minimum atomic E-state index is 0.0681. The minimum absolute atomic E-state index is 0.0681. The SMILES string of the molecule is CC(C)NCc1ccc(-c2ccc(C(C)C)cc2)n(C)c1=O. The zero-order chi connectivity index (χ0) is 16.3. The number of nitrogens with zero attached hydrogens (tertiary/aromatic N) is 1. The van der Waals surface area contributed by atoms with Crippen LogP contribution in [0.3, 0.4) is 0 Å². The van der Waals surface area contributed by atoms with Crippen LogP contribution in [-0.2, 0) is 13.6 Å². The molecule has 0 unspecified atom stereocenters. The highest BCUT2D eigenvalue weighted by molar-refractivity contribution is 5.60. The lowest BCUT2D eigenvalue weighted by atomic mass is 10.0. The molecule has 0 saturated carbocycles. The molecule has 0 atom stereocenters. The normalized spacial score (nSPS) is 11.4. The van der Waals surface area contributed by atoms with Gasteiger partial charge in [0.05, 0.1) is 5.69 Å². The number of hydrogen-bond donors (Lipinski definition) is 1. The van der Waals surface area contributed by atoms with E-state index in [1.165, 1.54) is 5.56 Å². The molecule has 1 heterocycles. The fourth-order valence-corrected chi connectivity index (χ4v) is 2.46. The summed E-state index contributed by atoms with van der Waals surface area (Å²) < 4.78 is 1.74. The van der Waals surface area contributed by atoms with Crippen molar-refractivity contribution in [3.05, 3.63) is 57.9 Å². The summed E-state index contributed by atoms with van der Waals surface area (Å²) in [5.41, 5.74) is 4.21. The maximum Gasteiger partial charge on any atom is 0.255 e. The van der Waals surface area contributed by atoms with Crippen molar-refractivity contribution in [1.82, 2.24) is 9.88 Å². The Morgan fingerprint density at radius 3 is 2.18 bits per heavy atom. The van der Waals surface area contributed by atoms with Crippen molar-refractivity contribution in [3.8, 4) is 11.3 Å². The minimum Gasteiger partial charge on any atom is -0.311 e. The van der Waals surface area contributed by atoms with Crippen LogP contribution in [0.5, 0.6) is 0 Å². The summed E-state index contributed by atoms with van der Waals surface area (Å²) in [6, 6.07) is 12.8. The van der Waals surface area contributed by atoms with Crippen molar-refractivity contribution in [2.75, 3.05) is 0 Å². The maximum atomic E-state index is 12.5. The van der Waals surface area contributed by atoms with Crippen LogP contribution in [0.1, 0.15) is 44.7 Å². The third-order valence-electron chi connectivity index (χ3n) is 3.96. The second-order valence-corrected chi connectivity index (χ2v) is 6.42. The van der Waals surface area contributed by atoms with Gasteiger partial charge in [-0.1, -0.05) is 58.0 Å². The van der Waals surface area contributed by atoms with Gasteiger partial charge in [0.25, 0.3) is 5.56 Å². The lowest BCUT2D eigenvalue weighted by Gasteiger charge is -2.13. The van der Waals surface area contributed by atoms with Crippen molar-refractivity contribution in [1.29, 1.82) is 0 Å². The Kier molecular flexibility index (Phi) is 5.19. The molecule has 1 aromatic carbocycles. The Balaban J connectivity index is 2.32. The van der Waals surface area contributed by atoms with E-state index in [-0.39, 0.29) is 5.56 Å². The van der Waals surface area contributed by atoms with Gasteiger partial charge in [0.2, 0.25) is 0 Å². The molecular weight excluding hydrogens is 272 g/mol. The van der Waals surface area contributed by atoms with Crippen LogP contribution >= 0.6 is 0 Å². The molecule has 2 aromatic rings. The zero-order valence-electron chi connectivity index (χ0n) is 14.2. The Morgan fingerprint density at radius 1 is 1.00 bits per heavy atom. The first-order valence-corrected chi connectivity index (χ1v) is 7.92. The summed E-state index contributed by atoms with van der Waals surface area (Å²) >= 11 is 0. The van der Waals surface area contributed by atoms with Gasteiger partial charge in [-0.05, 0) is 23.1 Å². The van der Waals surface area contributed by atoms with Gasteiger partial charge >= 0.3 is 0 Å². The summed E-state index contributed by atoms with van der Waals surface area (Å²) in [5, 5.41) is 3.30. The fraction of sp³-hybridized carbons (Fsp3) is 0.421. The molecule has 0 amide bonds. The number of aromatic nitrogens is 1. The standard InChI is InChI=1S/C19H26N2O/c1-13(2)15-6-8-16(9-7-15)18-11-10-17(12-20-14(3)4)19(22)21(18)5/h6-11,13-14,20H,12H2,1-5H3. The quantitative estimate of drug-likeness (QED) is 0.914. The molecule has 0 radical (unpaired) electrons. The van der Waals surface area contributed by atoms with Crippen molar-refractivity contribution in [2.45, 2.75) is 46.2 Å². The highest BCUT2D eigenvalue weighted by atomic mass is 16.1. The molecule has 118 valence electrons. The molecule has 0 saturated heterocycles. The molecule has 0 aliphatic carbocycles. The third kappa shape index (κ3) is 3.66. The lowest BCUT2D eigenvalue weighted by molar-refractivity contribution is 0.583. The van der Waals surface area contributed by atoms with Crippen molar-refractivity contribution >= 4 is 0 Å². The number of benzene rings is 1. The number of hydrogen-bond acceptors (Lipinski definition) is 2. The molecule has 3 nitrogen and oxygen atoms in total. The van der Waals surface area contributed by atoms with Crippen LogP contribution in [0.4, 0.5) is 0 Å². The van der Waals surface area contributed by atoms with Crippen molar-refractivity contribution < 1.29 is 0 Å². The van der Waals surface area contributed by atoms with Gasteiger partial charge in [-0.25, -0.2) is 0 Å². The summed E-state index contributed by atoms with van der Waals surface area (Å²) in [7, 11) is 1.84. The van der Waals surface area contributed by atoms with Gasteiger partial charge in [0.15, 0.2) is 0 Å². The van der Waals surface area contributed by atoms with Crippen LogP contribution in [0.2, 0.25) is 0 Å². The van der Waals surface area contributed by atoms with E-state index in [9.17, 15) is 4.79 Å². The molecule has 1 aromatic heterocycles. The smallest absolute Gasteiger partial charge is 0.255 e. The largest absolute Gasteiger partial charge is 0.311 e. The molecular formula is C19H26N2O. The lowest BCUT2D eigenvalue weighted by Crippen LogP contribution is -2.29. The third-order valence-corrected chi connectivity index (χ3v) is 3.96. The average Bonchev–Trinajstić information content (AvgIpc) is 2.49. The van der Waals surface area contributed by atoms with E-state index in [0.717, 1.165) is 16.8 Å². The molecule has 2 rings (SSSR count). The van der Waals surface area contributed by atoms with Crippen LogP contribution in [0, 0.1) is 0 Å². The molecule has 0 bridgehead atoms. The topological polar surface area (TPSA) is 34.0 Å². The van der Waals surface area contributed by atoms with E-state index in [2.05, 4.69) is 57.3 Å². The summed E-state index contributed by atoms with van der Waals surface area (Å²) in [6.45, 7) is 9.13. The monoisotopic (exact) mass is 298 g/mol. The average molecular weight is 298 g/mol. The van der Waals surface area contributed by atoms with E-state index >= 15 is 0 Å². The van der Waals surface area contributed by atoms with Gasteiger partial charge < -0.3 is 9.88 Å². The van der Waals surface area contributed by atoms with E-state index in [0.29, 0.717) is 18.5 Å². The zero-order valence-corrected chi connectivity index (χ0v) is 14.2. The van der Waals surface area contributed by atoms with Gasteiger partial charge in [0.1, 0.15) is 0 Å². The van der Waals surface area contributed by atoms with Gasteiger partial charge in [0, 0.05) is 25.2 Å². The van der Waals surface area contributed by atoms with Crippen LogP contribution in [0.15, 0.2) is 41.2 Å². The highest BCUT2D eigenvalue weighted by Crippen LogP contribution is 2.21. The first-order valence-electron chi connectivity index (χ1n) is 7.92. The first kappa shape index (κ1) is 16.5. The molecule has 0 aliphatic rings. The Hall–Kier alpha value is -1.87. The van der Waals surface area contributed by atoms with Crippen LogP contribution in [-0.4, -0.2) is 10.6 Å². The second kappa shape index (κ2) is 6.93. The molecule has 0 spiro atoms. The van der Waals surface area contributed by atoms with Crippen LogP contribution < -0.4 is 10.9 Å². The predicted octanol–water partition coefficient (Wildman–Crippen LogP) is 3.67. The van der Waals surface area contributed by atoms with Crippen molar-refractivity contribution in [3.63, 3.8) is 0 Å². The predicted molar refractivity (Wildman–Crippen MR) is 93.2 cm³/mol. The Bertz CT molecular complexity index is 682. The molecule has 3 heteroatoms. The molecule has 1 N–H and O–H groups in total. The maximum absolute atomic E-state index is 12.5. The second-order valence-electron chi connectivity index (χ2n) is 6.42. The van der Waals surface area contributed by atoms with E-state index in [1.54, 1.807) is 4.57 Å². The van der Waals surface area contributed by atoms with Crippen LogP contribution in [0.25, 0.3) is 11.3 Å². The fourth-order valence-electron chi connectivity index (χ4n) is 2.46. The van der Waals surface area contributed by atoms with Gasteiger partial charge in [-0.15, -0.1) is 0 Å². The van der Waals surface area contributed by atoms with E-state index in [1.807, 2.05) is 19.2 Å². The summed E-state index contributed by atoms with van der Waals surface area (Å²) in [6.07, 6.45) is 0. The molecule has 0 fully saturated rings. The highest BCUT2D eigenvalue weighted by Gasteiger charge is 2.08. The first-order chi connectivity index (χ1) is 10.4.